The van der Waals surface area contributed by atoms with Gasteiger partial charge in [-0.25, -0.2) is 9.97 Å². The minimum atomic E-state index is 0.649. The van der Waals surface area contributed by atoms with Crippen molar-refractivity contribution in [2.24, 2.45) is 7.05 Å². The lowest BCUT2D eigenvalue weighted by Crippen LogP contribution is -2.01. The second kappa shape index (κ2) is 8.00. The van der Waals surface area contributed by atoms with Gasteiger partial charge in [-0.15, -0.1) is 10.2 Å². The Balaban J connectivity index is 1.72. The first kappa shape index (κ1) is 19.1. The first-order valence-corrected chi connectivity index (χ1v) is 9.86. The molecule has 0 aliphatic rings. The Morgan fingerprint density at radius 1 is 1.00 bits per heavy atom. The molecule has 1 aromatic carbocycles. The molecule has 0 aliphatic carbocycles. The highest BCUT2D eigenvalue weighted by Gasteiger charge is 2.18. The van der Waals surface area contributed by atoms with Crippen LogP contribution in [0.15, 0.2) is 59.0 Å². The van der Waals surface area contributed by atoms with E-state index in [9.17, 15) is 0 Å². The van der Waals surface area contributed by atoms with Gasteiger partial charge in [-0.05, 0) is 49.9 Å². The lowest BCUT2D eigenvalue weighted by Gasteiger charge is -2.10. The SMILES string of the molecule is COc1ccccc1-c1nnc(Sc2nc(-c3cccnc3)nc(C)c2C)n1C. The monoisotopic (exact) mass is 404 g/mol. The number of pyridine rings is 1. The minimum absolute atomic E-state index is 0.649. The fraction of sp³-hybridized carbons (Fsp3) is 0.190. The van der Waals surface area contributed by atoms with E-state index in [2.05, 4.69) is 20.2 Å². The molecule has 0 spiro atoms. The van der Waals surface area contributed by atoms with E-state index in [4.69, 9.17) is 9.72 Å². The number of hydrogen-bond acceptors (Lipinski definition) is 7. The molecule has 0 N–H and O–H groups in total. The average molecular weight is 404 g/mol. The summed E-state index contributed by atoms with van der Waals surface area (Å²) in [5, 5.41) is 10.4. The number of aromatic nitrogens is 6. The third-order valence-electron chi connectivity index (χ3n) is 4.64. The number of ether oxygens (including phenoxy) is 1. The van der Waals surface area contributed by atoms with Crippen molar-refractivity contribution in [2.45, 2.75) is 24.0 Å². The van der Waals surface area contributed by atoms with E-state index in [1.54, 1.807) is 19.5 Å². The zero-order chi connectivity index (χ0) is 20.4. The van der Waals surface area contributed by atoms with Gasteiger partial charge in [-0.3, -0.25) is 4.98 Å². The van der Waals surface area contributed by atoms with E-state index >= 15 is 0 Å². The van der Waals surface area contributed by atoms with Crippen molar-refractivity contribution in [3.05, 3.63) is 60.0 Å². The van der Waals surface area contributed by atoms with Gasteiger partial charge in [-0.2, -0.15) is 0 Å². The molecule has 0 fully saturated rings. The van der Waals surface area contributed by atoms with E-state index < -0.39 is 0 Å². The van der Waals surface area contributed by atoms with Gasteiger partial charge in [-0.1, -0.05) is 12.1 Å². The fourth-order valence-corrected chi connectivity index (χ4v) is 3.79. The lowest BCUT2D eigenvalue weighted by atomic mass is 10.2. The van der Waals surface area contributed by atoms with E-state index in [1.165, 1.54) is 11.8 Å². The summed E-state index contributed by atoms with van der Waals surface area (Å²) in [4.78, 5) is 13.5. The maximum absolute atomic E-state index is 5.47. The molecular weight excluding hydrogens is 384 g/mol. The van der Waals surface area contributed by atoms with Crippen molar-refractivity contribution in [1.82, 2.24) is 29.7 Å². The van der Waals surface area contributed by atoms with Crippen LogP contribution in [-0.4, -0.2) is 36.8 Å². The third kappa shape index (κ3) is 3.71. The van der Waals surface area contributed by atoms with Crippen molar-refractivity contribution in [1.29, 1.82) is 0 Å². The number of para-hydroxylation sites is 1. The molecule has 0 radical (unpaired) electrons. The summed E-state index contributed by atoms with van der Waals surface area (Å²) in [6.45, 7) is 4.00. The third-order valence-corrected chi connectivity index (χ3v) is 5.76. The zero-order valence-corrected chi connectivity index (χ0v) is 17.4. The Kier molecular flexibility index (Phi) is 5.26. The van der Waals surface area contributed by atoms with Crippen molar-refractivity contribution in [3.63, 3.8) is 0 Å². The molecule has 29 heavy (non-hydrogen) atoms. The van der Waals surface area contributed by atoms with Crippen LogP contribution in [0.2, 0.25) is 0 Å². The number of rotatable bonds is 5. The van der Waals surface area contributed by atoms with E-state index in [-0.39, 0.29) is 0 Å². The summed E-state index contributed by atoms with van der Waals surface area (Å²) < 4.78 is 7.41. The lowest BCUT2D eigenvalue weighted by molar-refractivity contribution is 0.416. The minimum Gasteiger partial charge on any atom is -0.496 e. The van der Waals surface area contributed by atoms with Crippen molar-refractivity contribution < 1.29 is 4.74 Å². The fourth-order valence-electron chi connectivity index (χ4n) is 2.88. The van der Waals surface area contributed by atoms with Gasteiger partial charge < -0.3 is 9.30 Å². The summed E-state index contributed by atoms with van der Waals surface area (Å²) in [5.41, 5.74) is 3.71. The molecule has 0 saturated heterocycles. The zero-order valence-electron chi connectivity index (χ0n) is 16.6. The van der Waals surface area contributed by atoms with Gasteiger partial charge in [0.05, 0.1) is 12.7 Å². The normalized spacial score (nSPS) is 10.9. The molecule has 8 heteroatoms. The predicted octanol–water partition coefficient (Wildman–Crippen LogP) is 4.11. The largest absolute Gasteiger partial charge is 0.496 e. The molecule has 0 amide bonds. The Morgan fingerprint density at radius 2 is 1.83 bits per heavy atom. The molecule has 0 unspecified atom stereocenters. The maximum Gasteiger partial charge on any atom is 0.197 e. The molecular formula is C21H20N6OS. The van der Waals surface area contributed by atoms with Gasteiger partial charge in [0.2, 0.25) is 0 Å². The first-order valence-electron chi connectivity index (χ1n) is 9.04. The van der Waals surface area contributed by atoms with Crippen LogP contribution in [0.3, 0.4) is 0 Å². The number of benzene rings is 1. The maximum atomic E-state index is 5.47. The molecule has 0 bridgehead atoms. The van der Waals surface area contributed by atoms with Crippen LogP contribution in [0, 0.1) is 13.8 Å². The van der Waals surface area contributed by atoms with Gasteiger partial charge in [0.25, 0.3) is 0 Å². The first-order chi connectivity index (χ1) is 14.1. The summed E-state index contributed by atoms with van der Waals surface area (Å²) in [5.74, 6) is 2.14. The highest BCUT2D eigenvalue weighted by molar-refractivity contribution is 7.99. The molecule has 4 aromatic rings. The summed E-state index contributed by atoms with van der Waals surface area (Å²) in [6, 6.07) is 11.6. The smallest absolute Gasteiger partial charge is 0.197 e. The molecule has 146 valence electrons. The van der Waals surface area contributed by atoms with Crippen LogP contribution in [0.5, 0.6) is 5.75 Å². The average Bonchev–Trinajstić information content (AvgIpc) is 3.11. The predicted molar refractivity (Wildman–Crippen MR) is 112 cm³/mol. The van der Waals surface area contributed by atoms with E-state index in [1.807, 2.05) is 61.9 Å². The molecule has 3 heterocycles. The molecule has 7 nitrogen and oxygen atoms in total. The van der Waals surface area contributed by atoms with Gasteiger partial charge in [0.15, 0.2) is 16.8 Å². The van der Waals surface area contributed by atoms with E-state index in [0.717, 1.165) is 44.1 Å². The Bertz CT molecular complexity index is 1160. The number of aryl methyl sites for hydroxylation is 1. The van der Waals surface area contributed by atoms with Crippen molar-refractivity contribution >= 4 is 11.8 Å². The molecule has 0 saturated carbocycles. The summed E-state index contributed by atoms with van der Waals surface area (Å²) >= 11 is 1.47. The molecule has 0 aliphatic heterocycles. The van der Waals surface area contributed by atoms with Crippen LogP contribution in [-0.2, 0) is 7.05 Å². The Hall–Kier alpha value is -3.26. The summed E-state index contributed by atoms with van der Waals surface area (Å²) in [6.07, 6.45) is 3.50. The van der Waals surface area contributed by atoms with Gasteiger partial charge in [0, 0.05) is 36.3 Å². The van der Waals surface area contributed by atoms with Crippen LogP contribution >= 0.6 is 11.8 Å². The van der Waals surface area contributed by atoms with Crippen LogP contribution < -0.4 is 4.74 Å². The van der Waals surface area contributed by atoms with Gasteiger partial charge in [0.1, 0.15) is 10.8 Å². The second-order valence-corrected chi connectivity index (χ2v) is 7.43. The number of hydrogen-bond donors (Lipinski definition) is 0. The highest BCUT2D eigenvalue weighted by Crippen LogP contribution is 2.34. The van der Waals surface area contributed by atoms with Crippen molar-refractivity contribution in [2.75, 3.05) is 7.11 Å². The Morgan fingerprint density at radius 3 is 2.59 bits per heavy atom. The molecule has 0 atom stereocenters. The topological polar surface area (TPSA) is 78.6 Å². The summed E-state index contributed by atoms with van der Waals surface area (Å²) in [7, 11) is 3.59. The van der Waals surface area contributed by atoms with Gasteiger partial charge >= 0.3 is 0 Å². The van der Waals surface area contributed by atoms with Crippen LogP contribution in [0.4, 0.5) is 0 Å². The highest BCUT2D eigenvalue weighted by atomic mass is 32.2. The second-order valence-electron chi connectivity index (χ2n) is 6.47. The standard InChI is InChI=1S/C21H20N6OS/c1-13-14(2)23-18(15-8-7-11-22-12-15)24-20(13)29-21-26-25-19(27(21)3)16-9-5-6-10-17(16)28-4/h5-12H,1-4H3. The quantitative estimate of drug-likeness (QED) is 0.463. The number of methoxy groups -OCH3 is 1. The Labute approximate surface area is 173 Å². The molecule has 4 rings (SSSR count). The van der Waals surface area contributed by atoms with E-state index in [0.29, 0.717) is 5.82 Å². The van der Waals surface area contributed by atoms with Crippen molar-refractivity contribution in [3.8, 4) is 28.5 Å². The van der Waals surface area contributed by atoms with Crippen LogP contribution in [0.25, 0.3) is 22.8 Å². The molecule has 3 aromatic heterocycles. The van der Waals surface area contributed by atoms with Crippen LogP contribution in [0.1, 0.15) is 11.3 Å². The number of nitrogens with zero attached hydrogens (tertiary/aromatic N) is 6.